The van der Waals surface area contributed by atoms with Gasteiger partial charge < -0.3 is 15.2 Å². The molecule has 0 saturated heterocycles. The fourth-order valence-corrected chi connectivity index (χ4v) is 2.59. The lowest BCUT2D eigenvalue weighted by atomic mass is 9.92. The fraction of sp³-hybridized carbons (Fsp3) is 0.438. The van der Waals surface area contributed by atoms with Crippen LogP contribution in [0.15, 0.2) is 12.2 Å². The van der Waals surface area contributed by atoms with E-state index in [0.29, 0.717) is 6.42 Å². The van der Waals surface area contributed by atoms with E-state index in [-0.39, 0.29) is 18.4 Å². The number of anilines is 1. The minimum atomic E-state index is -0.535. The Morgan fingerprint density at radius 2 is 1.90 bits per heavy atom. The highest BCUT2D eigenvalue weighted by Crippen LogP contribution is 2.44. The minimum Gasteiger partial charge on any atom is -0.483 e. The summed E-state index contributed by atoms with van der Waals surface area (Å²) in [4.78, 5) is 11.2. The Morgan fingerprint density at radius 1 is 1.29 bits per heavy atom. The maximum Gasteiger partial charge on any atom is 0.330 e. The molecule has 1 aliphatic rings. The molecule has 0 amide bonds. The Balaban J connectivity index is 0.00000220. The highest BCUT2D eigenvalue weighted by molar-refractivity contribution is 5.85. The van der Waals surface area contributed by atoms with Crippen molar-refractivity contribution >= 4 is 24.1 Å². The molecular weight excluding hydrogens is 290 g/mol. The second-order valence-corrected chi connectivity index (χ2v) is 5.54. The normalized spacial score (nSPS) is 19.9. The summed E-state index contributed by atoms with van der Waals surface area (Å²) < 4.78 is 10.7. The second kappa shape index (κ2) is 5.98. The third kappa shape index (κ3) is 3.00. The lowest BCUT2D eigenvalue weighted by Crippen LogP contribution is -2.27. The first-order chi connectivity index (χ1) is 9.29. The number of nitrogen functional groups attached to an aromatic ring is 1. The minimum absolute atomic E-state index is 0. The number of benzene rings is 1. The second-order valence-electron chi connectivity index (χ2n) is 5.54. The number of ether oxygens (including phenoxy) is 2. The average molecular weight is 312 g/mol. The summed E-state index contributed by atoms with van der Waals surface area (Å²) in [7, 11) is 1.36. The zero-order valence-electron chi connectivity index (χ0n) is 13.1. The van der Waals surface area contributed by atoms with Crippen LogP contribution in [0, 0.1) is 20.8 Å². The van der Waals surface area contributed by atoms with Crippen molar-refractivity contribution in [3.8, 4) is 5.75 Å². The van der Waals surface area contributed by atoms with E-state index in [4.69, 9.17) is 10.5 Å². The molecule has 116 valence electrons. The zero-order valence-corrected chi connectivity index (χ0v) is 13.9. The van der Waals surface area contributed by atoms with E-state index in [1.54, 1.807) is 6.08 Å². The quantitative estimate of drug-likeness (QED) is 0.518. The summed E-state index contributed by atoms with van der Waals surface area (Å²) in [5, 5.41) is 0. The van der Waals surface area contributed by atoms with Crippen LogP contribution in [0.3, 0.4) is 0 Å². The van der Waals surface area contributed by atoms with Gasteiger partial charge in [0.2, 0.25) is 0 Å². The molecule has 1 heterocycles. The number of esters is 1. The van der Waals surface area contributed by atoms with Crippen molar-refractivity contribution < 1.29 is 14.3 Å². The highest BCUT2D eigenvalue weighted by atomic mass is 35.5. The highest BCUT2D eigenvalue weighted by Gasteiger charge is 2.36. The van der Waals surface area contributed by atoms with Crippen LogP contribution in [0.4, 0.5) is 5.69 Å². The Hall–Kier alpha value is -1.68. The van der Waals surface area contributed by atoms with Crippen LogP contribution in [-0.2, 0) is 16.0 Å². The van der Waals surface area contributed by atoms with Gasteiger partial charge in [-0.15, -0.1) is 12.4 Å². The Bertz CT molecular complexity index is 571. The van der Waals surface area contributed by atoms with Crippen molar-refractivity contribution in [1.82, 2.24) is 0 Å². The molecule has 0 spiro atoms. The maximum absolute atomic E-state index is 11.2. The number of hydrogen-bond donors (Lipinski definition) is 1. The number of carbonyl (C=O) groups is 1. The van der Waals surface area contributed by atoms with Gasteiger partial charge in [0, 0.05) is 23.7 Å². The number of nitrogens with two attached hydrogens (primary N) is 1. The largest absolute Gasteiger partial charge is 0.483 e. The van der Waals surface area contributed by atoms with Crippen LogP contribution < -0.4 is 10.5 Å². The number of methoxy groups -OCH3 is 1. The van der Waals surface area contributed by atoms with Crippen LogP contribution in [0.25, 0.3) is 0 Å². The fourth-order valence-electron chi connectivity index (χ4n) is 2.59. The molecule has 0 aliphatic carbocycles. The Kier molecular flexibility index (Phi) is 4.95. The first-order valence-corrected chi connectivity index (χ1v) is 6.63. The van der Waals surface area contributed by atoms with E-state index >= 15 is 0 Å². The topological polar surface area (TPSA) is 61.5 Å². The molecule has 0 aromatic heterocycles. The molecule has 2 rings (SSSR count). The molecule has 1 unspecified atom stereocenters. The van der Waals surface area contributed by atoms with Gasteiger partial charge in [-0.3, -0.25) is 0 Å². The number of fused-ring (bicyclic) bond motifs is 1. The van der Waals surface area contributed by atoms with Crippen LogP contribution >= 0.6 is 12.4 Å². The average Bonchev–Trinajstić information content (AvgIpc) is 2.79. The summed E-state index contributed by atoms with van der Waals surface area (Å²) in [6.45, 7) is 7.98. The third-order valence-corrected chi connectivity index (χ3v) is 4.07. The van der Waals surface area contributed by atoms with E-state index < -0.39 is 5.60 Å². The van der Waals surface area contributed by atoms with Crippen molar-refractivity contribution in [1.29, 1.82) is 0 Å². The smallest absolute Gasteiger partial charge is 0.330 e. The number of rotatable bonds is 2. The summed E-state index contributed by atoms with van der Waals surface area (Å²) >= 11 is 0. The van der Waals surface area contributed by atoms with Crippen molar-refractivity contribution in [2.45, 2.75) is 39.7 Å². The molecule has 0 saturated carbocycles. The first kappa shape index (κ1) is 17.4. The zero-order chi connectivity index (χ0) is 15.1. The molecular formula is C16H22ClNO3. The number of hydrogen-bond acceptors (Lipinski definition) is 4. The van der Waals surface area contributed by atoms with Gasteiger partial charge in [-0.2, -0.15) is 0 Å². The van der Waals surface area contributed by atoms with Crippen LogP contribution in [0.1, 0.15) is 29.2 Å². The van der Waals surface area contributed by atoms with E-state index in [0.717, 1.165) is 33.7 Å². The predicted octanol–water partition coefficient (Wildman–Crippen LogP) is 3.04. The lowest BCUT2D eigenvalue weighted by Gasteiger charge is -2.20. The van der Waals surface area contributed by atoms with E-state index in [2.05, 4.69) is 4.74 Å². The van der Waals surface area contributed by atoms with E-state index in [9.17, 15) is 4.79 Å². The maximum atomic E-state index is 11.2. The molecule has 21 heavy (non-hydrogen) atoms. The van der Waals surface area contributed by atoms with Crippen LogP contribution in [0.2, 0.25) is 0 Å². The SMILES string of the molecule is COC(=O)C=CC1(C)Cc2c(C)c(N)c(C)c(C)c2O1.Cl. The van der Waals surface area contributed by atoms with Gasteiger partial charge in [0.05, 0.1) is 7.11 Å². The van der Waals surface area contributed by atoms with Crippen molar-refractivity contribution in [3.05, 3.63) is 34.4 Å². The van der Waals surface area contributed by atoms with Gasteiger partial charge in [0.25, 0.3) is 0 Å². The Morgan fingerprint density at radius 3 is 2.48 bits per heavy atom. The van der Waals surface area contributed by atoms with Gasteiger partial charge in [0.1, 0.15) is 11.4 Å². The molecule has 4 nitrogen and oxygen atoms in total. The van der Waals surface area contributed by atoms with Crippen LogP contribution in [-0.4, -0.2) is 18.7 Å². The van der Waals surface area contributed by atoms with E-state index in [1.807, 2.05) is 27.7 Å². The molecule has 0 bridgehead atoms. The van der Waals surface area contributed by atoms with Crippen LogP contribution in [0.5, 0.6) is 5.75 Å². The number of halogens is 1. The van der Waals surface area contributed by atoms with Gasteiger partial charge in [-0.25, -0.2) is 4.79 Å². The van der Waals surface area contributed by atoms with Gasteiger partial charge in [-0.05, 0) is 50.5 Å². The monoisotopic (exact) mass is 311 g/mol. The van der Waals surface area contributed by atoms with E-state index in [1.165, 1.54) is 13.2 Å². The molecule has 0 fully saturated rings. The molecule has 2 N–H and O–H groups in total. The summed E-state index contributed by atoms with van der Waals surface area (Å²) in [5.41, 5.74) is 10.8. The molecule has 0 radical (unpaired) electrons. The molecule has 1 aromatic carbocycles. The molecule has 1 atom stereocenters. The molecule has 5 heteroatoms. The standard InChI is InChI=1S/C16H21NO3.ClH/c1-9-10(2)15-12(11(3)14(9)17)8-16(4,20-15)7-6-13(18)19-5;/h6-7H,8,17H2,1-5H3;1H. The summed E-state index contributed by atoms with van der Waals surface area (Å²) in [5.74, 6) is 0.515. The number of carbonyl (C=O) groups excluding carboxylic acids is 1. The van der Waals surface area contributed by atoms with Gasteiger partial charge in [0.15, 0.2) is 0 Å². The summed E-state index contributed by atoms with van der Waals surface area (Å²) in [6.07, 6.45) is 3.86. The summed E-state index contributed by atoms with van der Waals surface area (Å²) in [6, 6.07) is 0. The first-order valence-electron chi connectivity index (χ1n) is 6.63. The van der Waals surface area contributed by atoms with Crippen molar-refractivity contribution in [3.63, 3.8) is 0 Å². The van der Waals surface area contributed by atoms with Crippen molar-refractivity contribution in [2.24, 2.45) is 0 Å². The Labute approximate surface area is 131 Å². The van der Waals surface area contributed by atoms with Gasteiger partial charge >= 0.3 is 5.97 Å². The molecule has 1 aromatic rings. The molecule has 1 aliphatic heterocycles. The van der Waals surface area contributed by atoms with Gasteiger partial charge in [-0.1, -0.05) is 0 Å². The predicted molar refractivity (Wildman–Crippen MR) is 86.2 cm³/mol. The third-order valence-electron chi connectivity index (χ3n) is 4.07. The lowest BCUT2D eigenvalue weighted by molar-refractivity contribution is -0.134. The van der Waals surface area contributed by atoms with Crippen molar-refractivity contribution in [2.75, 3.05) is 12.8 Å².